The van der Waals surface area contributed by atoms with Crippen molar-refractivity contribution in [1.29, 1.82) is 0 Å². The van der Waals surface area contributed by atoms with Gasteiger partial charge in [0.15, 0.2) is 0 Å². The second kappa shape index (κ2) is 13.6. The Labute approximate surface area is 192 Å². The lowest BCUT2D eigenvalue weighted by Crippen LogP contribution is -2.27. The number of unbranched alkanes of at least 4 members (excludes halogenated alkanes) is 1. The van der Waals surface area contributed by atoms with Crippen LogP contribution in [0.2, 0.25) is 0 Å². The number of aliphatic carboxylic acids is 1. The zero-order valence-corrected chi connectivity index (χ0v) is 19.8. The first-order valence-electron chi connectivity index (χ1n) is 11.6. The van der Waals surface area contributed by atoms with Crippen molar-refractivity contribution in [3.8, 4) is 16.9 Å². The van der Waals surface area contributed by atoms with Crippen LogP contribution in [0.5, 0.6) is 5.75 Å². The fourth-order valence-electron chi connectivity index (χ4n) is 3.47. The van der Waals surface area contributed by atoms with E-state index in [-0.39, 0.29) is 0 Å². The summed E-state index contributed by atoms with van der Waals surface area (Å²) in [5, 5.41) is 9.13. The van der Waals surface area contributed by atoms with Crippen LogP contribution in [0.1, 0.15) is 46.1 Å². The van der Waals surface area contributed by atoms with Crippen LogP contribution in [0.25, 0.3) is 17.2 Å². The molecule has 0 saturated heterocycles. The number of nitrogens with zero attached hydrogens (tertiary/aromatic N) is 1. The third-order valence-corrected chi connectivity index (χ3v) is 5.07. The van der Waals surface area contributed by atoms with E-state index in [4.69, 9.17) is 14.6 Å². The van der Waals surface area contributed by atoms with Gasteiger partial charge in [0.2, 0.25) is 0 Å². The van der Waals surface area contributed by atoms with Crippen molar-refractivity contribution in [2.45, 2.75) is 40.5 Å². The second-order valence-electron chi connectivity index (χ2n) is 8.22. The van der Waals surface area contributed by atoms with Gasteiger partial charge in [0, 0.05) is 31.5 Å². The number of carboxylic acids is 1. The average molecular weight is 440 g/mol. The molecule has 0 fully saturated rings. The predicted molar refractivity (Wildman–Crippen MR) is 132 cm³/mol. The molecule has 0 amide bonds. The first-order chi connectivity index (χ1) is 15.4. The van der Waals surface area contributed by atoms with Gasteiger partial charge in [-0.1, -0.05) is 45.4 Å². The minimum Gasteiger partial charge on any atom is -0.491 e. The van der Waals surface area contributed by atoms with E-state index in [1.54, 1.807) is 6.08 Å². The summed E-state index contributed by atoms with van der Waals surface area (Å²) in [6.45, 7) is 12.3. The summed E-state index contributed by atoms with van der Waals surface area (Å²) in [5.41, 5.74) is 4.04. The number of rotatable bonds is 14. The first-order valence-corrected chi connectivity index (χ1v) is 11.6. The molecule has 0 unspecified atom stereocenters. The Morgan fingerprint density at radius 3 is 2.38 bits per heavy atom. The molecule has 0 atom stereocenters. The van der Waals surface area contributed by atoms with Crippen LogP contribution in [0, 0.1) is 5.92 Å². The van der Waals surface area contributed by atoms with Gasteiger partial charge in [0.05, 0.1) is 6.61 Å². The molecule has 0 saturated carbocycles. The summed E-state index contributed by atoms with van der Waals surface area (Å²) in [6, 6.07) is 14.2. The molecular formula is C27H37NO4. The van der Waals surface area contributed by atoms with E-state index in [1.165, 1.54) is 6.08 Å². The molecule has 0 radical (unpaired) electrons. The minimum absolute atomic E-state index is 0.510. The summed E-state index contributed by atoms with van der Waals surface area (Å²) in [6.07, 6.45) is 5.08. The number of hydrogen-bond donors (Lipinski definition) is 1. The molecular weight excluding hydrogens is 402 g/mol. The second-order valence-corrected chi connectivity index (χ2v) is 8.22. The third-order valence-electron chi connectivity index (χ3n) is 5.07. The van der Waals surface area contributed by atoms with Crippen molar-refractivity contribution >= 4 is 17.7 Å². The Balaban J connectivity index is 2.16. The summed E-state index contributed by atoms with van der Waals surface area (Å²) < 4.78 is 11.3. The van der Waals surface area contributed by atoms with Crippen molar-refractivity contribution in [2.75, 3.05) is 37.8 Å². The van der Waals surface area contributed by atoms with Gasteiger partial charge in [-0.2, -0.15) is 0 Å². The van der Waals surface area contributed by atoms with Crippen LogP contribution in [-0.4, -0.2) is 44.0 Å². The molecule has 0 spiro atoms. The fourth-order valence-corrected chi connectivity index (χ4v) is 3.47. The van der Waals surface area contributed by atoms with E-state index >= 15 is 0 Å². The summed E-state index contributed by atoms with van der Waals surface area (Å²) in [7, 11) is 0. The standard InChI is InChI=1S/C27H37NO4/c1-5-7-16-31-17-18-32-25-12-8-22(9-13-25)23-10-14-26(28(6-2)20-21(3)4)24(19-23)11-15-27(29)30/h8-15,19,21H,5-7,16-18,20H2,1-4H3,(H,29,30)/b15-11+. The van der Waals surface area contributed by atoms with E-state index in [0.717, 1.165) is 60.7 Å². The van der Waals surface area contributed by atoms with Gasteiger partial charge in [0.1, 0.15) is 12.4 Å². The van der Waals surface area contributed by atoms with Crippen LogP contribution in [0.4, 0.5) is 5.69 Å². The maximum atomic E-state index is 11.1. The van der Waals surface area contributed by atoms with Gasteiger partial charge in [0.25, 0.3) is 0 Å². The van der Waals surface area contributed by atoms with Crippen LogP contribution in [0.3, 0.4) is 0 Å². The minimum atomic E-state index is -0.951. The van der Waals surface area contributed by atoms with Crippen molar-refractivity contribution in [1.82, 2.24) is 0 Å². The Morgan fingerprint density at radius 1 is 1.03 bits per heavy atom. The molecule has 0 bridgehead atoms. The predicted octanol–water partition coefficient (Wildman–Crippen LogP) is 6.13. The molecule has 5 nitrogen and oxygen atoms in total. The molecule has 2 aromatic carbocycles. The lowest BCUT2D eigenvalue weighted by molar-refractivity contribution is -0.131. The zero-order valence-electron chi connectivity index (χ0n) is 19.8. The topological polar surface area (TPSA) is 59.0 Å². The number of anilines is 1. The highest BCUT2D eigenvalue weighted by Gasteiger charge is 2.12. The third kappa shape index (κ3) is 8.39. The Kier molecular flexibility index (Phi) is 10.8. The monoisotopic (exact) mass is 439 g/mol. The molecule has 2 aromatic rings. The normalized spacial score (nSPS) is 11.3. The molecule has 0 aliphatic carbocycles. The smallest absolute Gasteiger partial charge is 0.328 e. The molecule has 1 N–H and O–H groups in total. The van der Waals surface area contributed by atoms with Gasteiger partial charge < -0.3 is 19.5 Å². The highest BCUT2D eigenvalue weighted by atomic mass is 16.5. The molecule has 0 aromatic heterocycles. The highest BCUT2D eigenvalue weighted by Crippen LogP contribution is 2.30. The van der Waals surface area contributed by atoms with Crippen molar-refractivity contribution < 1.29 is 19.4 Å². The molecule has 2 rings (SSSR count). The summed E-state index contributed by atoms with van der Waals surface area (Å²) >= 11 is 0. The van der Waals surface area contributed by atoms with Crippen LogP contribution >= 0.6 is 0 Å². The lowest BCUT2D eigenvalue weighted by atomic mass is 10.00. The fraction of sp³-hybridized carbons (Fsp3) is 0.444. The van der Waals surface area contributed by atoms with Crippen molar-refractivity contribution in [3.05, 3.63) is 54.1 Å². The van der Waals surface area contributed by atoms with E-state index < -0.39 is 5.97 Å². The van der Waals surface area contributed by atoms with Crippen LogP contribution < -0.4 is 9.64 Å². The van der Waals surface area contributed by atoms with E-state index in [2.05, 4.69) is 50.8 Å². The molecule has 174 valence electrons. The first kappa shape index (κ1) is 25.5. The maximum Gasteiger partial charge on any atom is 0.328 e. The zero-order chi connectivity index (χ0) is 23.3. The largest absolute Gasteiger partial charge is 0.491 e. The number of carbonyl (C=O) groups is 1. The van der Waals surface area contributed by atoms with Gasteiger partial charge in [-0.15, -0.1) is 0 Å². The van der Waals surface area contributed by atoms with E-state index in [0.29, 0.717) is 19.1 Å². The highest BCUT2D eigenvalue weighted by molar-refractivity contribution is 5.88. The van der Waals surface area contributed by atoms with Gasteiger partial charge in [-0.25, -0.2) is 4.79 Å². The molecule has 0 aliphatic rings. The lowest BCUT2D eigenvalue weighted by Gasteiger charge is -2.27. The van der Waals surface area contributed by atoms with Crippen molar-refractivity contribution in [3.63, 3.8) is 0 Å². The summed E-state index contributed by atoms with van der Waals surface area (Å²) in [5.74, 6) is 0.369. The van der Waals surface area contributed by atoms with Crippen molar-refractivity contribution in [2.24, 2.45) is 5.92 Å². The number of ether oxygens (including phenoxy) is 2. The van der Waals surface area contributed by atoms with E-state index in [1.807, 2.05) is 24.3 Å². The van der Waals surface area contributed by atoms with Crippen LogP contribution in [0.15, 0.2) is 48.5 Å². The van der Waals surface area contributed by atoms with Gasteiger partial charge in [-0.3, -0.25) is 0 Å². The molecule has 5 heteroatoms. The SMILES string of the molecule is CCCCOCCOc1ccc(-c2ccc(N(CC)CC(C)C)c(/C=C/C(=O)O)c2)cc1. The number of hydrogen-bond acceptors (Lipinski definition) is 4. The van der Waals surface area contributed by atoms with E-state index in [9.17, 15) is 4.79 Å². The Hall–Kier alpha value is -2.79. The summed E-state index contributed by atoms with van der Waals surface area (Å²) in [4.78, 5) is 13.4. The Morgan fingerprint density at radius 2 is 1.75 bits per heavy atom. The molecule has 0 heterocycles. The maximum absolute atomic E-state index is 11.1. The number of benzene rings is 2. The number of carboxylic acid groups (broad SMARTS) is 1. The van der Waals surface area contributed by atoms with Gasteiger partial charge in [-0.05, 0) is 66.3 Å². The average Bonchev–Trinajstić information content (AvgIpc) is 2.78. The molecule has 0 aliphatic heterocycles. The van der Waals surface area contributed by atoms with Gasteiger partial charge >= 0.3 is 5.97 Å². The van der Waals surface area contributed by atoms with Crippen LogP contribution in [-0.2, 0) is 9.53 Å². The Bertz CT molecular complexity index is 858. The molecule has 32 heavy (non-hydrogen) atoms. The quantitative estimate of drug-likeness (QED) is 0.283.